The molecule has 1 aliphatic rings. The fourth-order valence-electron chi connectivity index (χ4n) is 3.65. The number of sulfonamides is 1. The van der Waals surface area contributed by atoms with Gasteiger partial charge < -0.3 is 14.8 Å². The van der Waals surface area contributed by atoms with Crippen LogP contribution in [0.3, 0.4) is 0 Å². The number of ether oxygens (including phenoxy) is 2. The Labute approximate surface area is 194 Å². The molecule has 3 aromatic rings. The van der Waals surface area contributed by atoms with Gasteiger partial charge in [-0.2, -0.15) is 0 Å². The SMILES string of the molecule is CCc1ccc(NC(=O)[C@H]2CN(S(=O)(=O)c3ccc(OC)cc3)c3ccc(C)cc3O2)cc1. The van der Waals surface area contributed by atoms with Crippen molar-refractivity contribution < 1.29 is 22.7 Å². The van der Waals surface area contributed by atoms with Gasteiger partial charge in [-0.05, 0) is 73.0 Å². The number of amides is 1. The third-order valence-electron chi connectivity index (χ3n) is 5.55. The highest BCUT2D eigenvalue weighted by molar-refractivity contribution is 7.92. The van der Waals surface area contributed by atoms with Crippen LogP contribution in [0.5, 0.6) is 11.5 Å². The topological polar surface area (TPSA) is 84.9 Å². The van der Waals surface area contributed by atoms with Crippen LogP contribution >= 0.6 is 0 Å². The average Bonchev–Trinajstić information content (AvgIpc) is 2.83. The van der Waals surface area contributed by atoms with E-state index < -0.39 is 22.0 Å². The van der Waals surface area contributed by atoms with Crippen molar-refractivity contribution in [1.29, 1.82) is 0 Å². The Balaban J connectivity index is 1.65. The fraction of sp³-hybridized carbons (Fsp3) is 0.240. The Morgan fingerprint density at radius 1 is 1.09 bits per heavy atom. The summed E-state index contributed by atoms with van der Waals surface area (Å²) < 4.78 is 39.4. The summed E-state index contributed by atoms with van der Waals surface area (Å²) in [6.45, 7) is 3.79. The number of fused-ring (bicyclic) bond motifs is 1. The fourth-order valence-corrected chi connectivity index (χ4v) is 5.12. The molecule has 0 bridgehead atoms. The number of carbonyl (C=O) groups is 1. The normalized spacial score (nSPS) is 15.4. The van der Waals surface area contributed by atoms with Gasteiger partial charge in [0.2, 0.25) is 0 Å². The van der Waals surface area contributed by atoms with Crippen molar-refractivity contribution in [3.8, 4) is 11.5 Å². The van der Waals surface area contributed by atoms with Crippen LogP contribution in [-0.2, 0) is 21.2 Å². The van der Waals surface area contributed by atoms with Crippen LogP contribution < -0.4 is 19.1 Å². The van der Waals surface area contributed by atoms with E-state index in [9.17, 15) is 13.2 Å². The Hall–Kier alpha value is -3.52. The molecule has 0 radical (unpaired) electrons. The zero-order valence-corrected chi connectivity index (χ0v) is 19.6. The van der Waals surface area contributed by atoms with Crippen molar-refractivity contribution in [2.24, 2.45) is 0 Å². The number of nitrogens with one attached hydrogen (secondary N) is 1. The number of rotatable bonds is 6. The average molecular weight is 467 g/mol. The first-order valence-corrected chi connectivity index (χ1v) is 12.1. The molecule has 1 aliphatic heterocycles. The molecule has 3 aromatic carbocycles. The minimum absolute atomic E-state index is 0.103. The van der Waals surface area contributed by atoms with E-state index in [0.717, 1.165) is 17.5 Å². The minimum atomic E-state index is -3.94. The predicted molar refractivity (Wildman–Crippen MR) is 128 cm³/mol. The second-order valence-electron chi connectivity index (χ2n) is 7.83. The van der Waals surface area contributed by atoms with Crippen LogP contribution in [0.2, 0.25) is 0 Å². The quantitative estimate of drug-likeness (QED) is 0.590. The third kappa shape index (κ3) is 4.66. The number of hydrogen-bond acceptors (Lipinski definition) is 5. The van der Waals surface area contributed by atoms with Gasteiger partial charge in [0, 0.05) is 5.69 Å². The second kappa shape index (κ2) is 9.15. The van der Waals surface area contributed by atoms with Crippen molar-refractivity contribution >= 4 is 27.3 Å². The molecule has 0 spiro atoms. The molecule has 0 fully saturated rings. The molecular formula is C25H26N2O5S. The molecule has 0 saturated carbocycles. The lowest BCUT2D eigenvalue weighted by molar-refractivity contribution is -0.122. The van der Waals surface area contributed by atoms with Gasteiger partial charge in [-0.3, -0.25) is 9.10 Å². The molecule has 0 aliphatic carbocycles. The number of methoxy groups -OCH3 is 1. The summed E-state index contributed by atoms with van der Waals surface area (Å²) in [7, 11) is -2.43. The third-order valence-corrected chi connectivity index (χ3v) is 7.35. The number of anilines is 2. The molecule has 8 heteroatoms. The Bertz CT molecular complexity index is 1250. The lowest BCUT2D eigenvalue weighted by atomic mass is 10.1. The zero-order chi connectivity index (χ0) is 23.6. The van der Waals surface area contributed by atoms with Gasteiger partial charge in [0.05, 0.1) is 24.2 Å². The van der Waals surface area contributed by atoms with E-state index in [4.69, 9.17) is 9.47 Å². The van der Waals surface area contributed by atoms with Gasteiger partial charge in [-0.1, -0.05) is 25.1 Å². The van der Waals surface area contributed by atoms with E-state index in [0.29, 0.717) is 22.9 Å². The number of hydrogen-bond donors (Lipinski definition) is 1. The number of aryl methyl sites for hydroxylation is 2. The molecule has 0 aromatic heterocycles. The first-order valence-electron chi connectivity index (χ1n) is 10.7. The second-order valence-corrected chi connectivity index (χ2v) is 9.69. The van der Waals surface area contributed by atoms with E-state index in [-0.39, 0.29) is 11.4 Å². The lowest BCUT2D eigenvalue weighted by Gasteiger charge is -2.35. The van der Waals surface area contributed by atoms with E-state index in [2.05, 4.69) is 12.2 Å². The van der Waals surface area contributed by atoms with Crippen LogP contribution in [-0.4, -0.2) is 34.1 Å². The number of nitrogens with zero attached hydrogens (tertiary/aromatic N) is 1. The van der Waals surface area contributed by atoms with Crippen LogP contribution in [0.25, 0.3) is 0 Å². The van der Waals surface area contributed by atoms with Gasteiger partial charge in [0.25, 0.3) is 15.9 Å². The summed E-state index contributed by atoms with van der Waals surface area (Å²) in [5, 5.41) is 2.83. The molecule has 0 saturated heterocycles. The van der Waals surface area contributed by atoms with Crippen LogP contribution in [0.4, 0.5) is 11.4 Å². The van der Waals surface area contributed by atoms with Crippen LogP contribution in [0, 0.1) is 6.92 Å². The summed E-state index contributed by atoms with van der Waals surface area (Å²) >= 11 is 0. The van der Waals surface area contributed by atoms with E-state index >= 15 is 0 Å². The minimum Gasteiger partial charge on any atom is -0.497 e. The van der Waals surface area contributed by atoms with Crippen molar-refractivity contribution in [3.63, 3.8) is 0 Å². The monoisotopic (exact) mass is 466 g/mol. The first kappa shape index (κ1) is 22.7. The Morgan fingerprint density at radius 3 is 2.42 bits per heavy atom. The summed E-state index contributed by atoms with van der Waals surface area (Å²) in [6.07, 6.45) is -0.118. The number of benzene rings is 3. The summed E-state index contributed by atoms with van der Waals surface area (Å²) in [4.78, 5) is 13.1. The molecule has 1 amide bonds. The molecule has 1 N–H and O–H groups in total. The van der Waals surface area contributed by atoms with Gasteiger partial charge in [0.15, 0.2) is 6.10 Å². The first-order chi connectivity index (χ1) is 15.8. The van der Waals surface area contributed by atoms with Crippen molar-refractivity contribution in [1.82, 2.24) is 0 Å². The summed E-state index contributed by atoms with van der Waals surface area (Å²) in [5.41, 5.74) is 3.07. The maximum atomic E-state index is 13.5. The van der Waals surface area contributed by atoms with Crippen molar-refractivity contribution in [2.75, 3.05) is 23.3 Å². The largest absolute Gasteiger partial charge is 0.497 e. The van der Waals surface area contributed by atoms with Crippen LogP contribution in [0.1, 0.15) is 18.1 Å². The summed E-state index contributed by atoms with van der Waals surface area (Å²) in [6, 6.07) is 18.9. The van der Waals surface area contributed by atoms with Crippen LogP contribution in [0.15, 0.2) is 71.6 Å². The van der Waals surface area contributed by atoms with E-state index in [1.54, 1.807) is 24.3 Å². The molecule has 1 atom stereocenters. The number of carbonyl (C=O) groups excluding carboxylic acids is 1. The predicted octanol–water partition coefficient (Wildman–Crippen LogP) is 4.16. The molecule has 172 valence electrons. The summed E-state index contributed by atoms with van der Waals surface area (Å²) in [5.74, 6) is 0.486. The van der Waals surface area contributed by atoms with Gasteiger partial charge in [-0.25, -0.2) is 8.42 Å². The lowest BCUT2D eigenvalue weighted by Crippen LogP contribution is -2.48. The standard InChI is InChI=1S/C25H26N2O5S/c1-4-18-6-8-19(9-7-18)26-25(28)24-16-27(22-14-5-17(2)15-23(22)32-24)33(29,30)21-12-10-20(31-3)11-13-21/h5-15,24H,4,16H2,1-3H3,(H,26,28)/t24-/m1/s1. The van der Waals surface area contributed by atoms with Crippen molar-refractivity contribution in [2.45, 2.75) is 31.3 Å². The van der Waals surface area contributed by atoms with Crippen molar-refractivity contribution in [3.05, 3.63) is 77.9 Å². The maximum absolute atomic E-state index is 13.5. The molecule has 33 heavy (non-hydrogen) atoms. The smallest absolute Gasteiger partial charge is 0.267 e. The highest BCUT2D eigenvalue weighted by atomic mass is 32.2. The highest BCUT2D eigenvalue weighted by Crippen LogP contribution is 2.38. The highest BCUT2D eigenvalue weighted by Gasteiger charge is 2.37. The molecular weight excluding hydrogens is 440 g/mol. The molecule has 7 nitrogen and oxygen atoms in total. The molecule has 1 heterocycles. The molecule has 4 rings (SSSR count). The Kier molecular flexibility index (Phi) is 6.29. The zero-order valence-electron chi connectivity index (χ0n) is 18.7. The van der Waals surface area contributed by atoms with Gasteiger partial charge >= 0.3 is 0 Å². The van der Waals surface area contributed by atoms with E-state index in [1.165, 1.54) is 23.5 Å². The molecule has 0 unspecified atom stereocenters. The van der Waals surface area contributed by atoms with Gasteiger partial charge in [-0.15, -0.1) is 0 Å². The maximum Gasteiger partial charge on any atom is 0.267 e. The van der Waals surface area contributed by atoms with Gasteiger partial charge in [0.1, 0.15) is 11.5 Å². The van der Waals surface area contributed by atoms with E-state index in [1.807, 2.05) is 37.3 Å². The Morgan fingerprint density at radius 2 is 1.79 bits per heavy atom.